The molecule has 9 heteroatoms. The number of aromatic amines is 1. The van der Waals surface area contributed by atoms with E-state index in [1.807, 2.05) is 18.2 Å². The summed E-state index contributed by atoms with van der Waals surface area (Å²) < 4.78 is 38.3. The smallest absolute Gasteiger partial charge is 0.368 e. The molecule has 1 aliphatic rings. The van der Waals surface area contributed by atoms with Gasteiger partial charge < -0.3 is 9.80 Å². The second-order valence-corrected chi connectivity index (χ2v) is 5.84. The fourth-order valence-electron chi connectivity index (χ4n) is 2.59. The van der Waals surface area contributed by atoms with E-state index in [0.717, 1.165) is 5.69 Å². The van der Waals surface area contributed by atoms with Crippen LogP contribution in [0.3, 0.4) is 0 Å². The molecule has 2 heterocycles. The Hall–Kier alpha value is -2.22. The first-order valence-electron chi connectivity index (χ1n) is 7.27. The van der Waals surface area contributed by atoms with Gasteiger partial charge in [-0.2, -0.15) is 13.2 Å². The summed E-state index contributed by atoms with van der Waals surface area (Å²) in [6.07, 6.45) is -4.65. The lowest BCUT2D eigenvalue weighted by Crippen LogP contribution is -2.47. The molecule has 2 aromatic rings. The molecule has 1 aliphatic heterocycles. The Kier molecular flexibility index (Phi) is 4.40. The predicted molar refractivity (Wildman–Crippen MR) is 85.7 cm³/mol. The Labute approximate surface area is 140 Å². The zero-order valence-corrected chi connectivity index (χ0v) is 13.2. The molecule has 0 amide bonds. The number of halogens is 4. The molecule has 24 heavy (non-hydrogen) atoms. The molecular formula is C15H14ClF3N4O. The number of piperazine rings is 1. The van der Waals surface area contributed by atoms with E-state index in [9.17, 15) is 18.0 Å². The van der Waals surface area contributed by atoms with Gasteiger partial charge in [0.15, 0.2) is 5.69 Å². The van der Waals surface area contributed by atoms with Crippen molar-refractivity contribution in [1.29, 1.82) is 0 Å². The maximum Gasteiger partial charge on any atom is 0.433 e. The van der Waals surface area contributed by atoms with Crippen molar-refractivity contribution in [3.8, 4) is 0 Å². The van der Waals surface area contributed by atoms with Gasteiger partial charge in [0.05, 0.1) is 0 Å². The van der Waals surface area contributed by atoms with Crippen molar-refractivity contribution >= 4 is 23.2 Å². The van der Waals surface area contributed by atoms with E-state index in [1.165, 1.54) is 0 Å². The van der Waals surface area contributed by atoms with Crippen LogP contribution in [-0.4, -0.2) is 36.1 Å². The highest BCUT2D eigenvalue weighted by Crippen LogP contribution is 2.28. The van der Waals surface area contributed by atoms with Crippen molar-refractivity contribution < 1.29 is 13.2 Å². The number of hydrogen-bond donors (Lipinski definition) is 1. The summed E-state index contributed by atoms with van der Waals surface area (Å²) in [5, 5.41) is 0.624. The second-order valence-electron chi connectivity index (χ2n) is 5.41. The Morgan fingerprint density at radius 3 is 2.38 bits per heavy atom. The van der Waals surface area contributed by atoms with Gasteiger partial charge in [0.1, 0.15) is 0 Å². The molecule has 1 fully saturated rings. The maximum atomic E-state index is 12.8. The summed E-state index contributed by atoms with van der Waals surface area (Å²) >= 11 is 5.97. The average molecular weight is 359 g/mol. The lowest BCUT2D eigenvalue weighted by molar-refractivity contribution is -0.141. The first-order valence-corrected chi connectivity index (χ1v) is 7.65. The highest BCUT2D eigenvalue weighted by molar-refractivity contribution is 6.30. The summed E-state index contributed by atoms with van der Waals surface area (Å²) in [5.41, 5.74) is -1.05. The van der Waals surface area contributed by atoms with Crippen molar-refractivity contribution in [1.82, 2.24) is 9.97 Å². The highest BCUT2D eigenvalue weighted by atomic mass is 35.5. The first kappa shape index (κ1) is 16.6. The lowest BCUT2D eigenvalue weighted by atomic mass is 10.2. The standard InChI is InChI=1S/C15H14ClF3N4O/c16-10-2-1-3-11(8-10)22-4-6-23(7-5-22)14-20-12(15(17,18)19)9-13(24)21-14/h1-3,8-9H,4-7H2,(H,20,21,24). The number of benzene rings is 1. The van der Waals surface area contributed by atoms with Gasteiger partial charge in [0.25, 0.3) is 5.56 Å². The minimum Gasteiger partial charge on any atom is -0.368 e. The van der Waals surface area contributed by atoms with E-state index in [1.54, 1.807) is 11.0 Å². The highest BCUT2D eigenvalue weighted by Gasteiger charge is 2.34. The van der Waals surface area contributed by atoms with E-state index < -0.39 is 17.4 Å². The van der Waals surface area contributed by atoms with Crippen molar-refractivity contribution in [2.24, 2.45) is 0 Å². The molecule has 0 bridgehead atoms. The van der Waals surface area contributed by atoms with Crippen molar-refractivity contribution in [2.45, 2.75) is 6.18 Å². The van der Waals surface area contributed by atoms with Crippen LogP contribution in [0.1, 0.15) is 5.69 Å². The van der Waals surface area contributed by atoms with E-state index in [4.69, 9.17) is 11.6 Å². The minimum atomic E-state index is -4.65. The van der Waals surface area contributed by atoms with Crippen molar-refractivity contribution in [3.63, 3.8) is 0 Å². The number of H-pyrrole nitrogens is 1. The molecule has 128 valence electrons. The molecule has 1 aromatic heterocycles. The normalized spacial score (nSPS) is 15.7. The van der Waals surface area contributed by atoms with E-state index in [-0.39, 0.29) is 5.95 Å². The molecule has 1 N–H and O–H groups in total. The van der Waals surface area contributed by atoms with Gasteiger partial charge in [-0.05, 0) is 18.2 Å². The van der Waals surface area contributed by atoms with Crippen LogP contribution in [-0.2, 0) is 6.18 Å². The Bertz CT molecular complexity index is 785. The van der Waals surface area contributed by atoms with E-state index >= 15 is 0 Å². The number of hydrogen-bond acceptors (Lipinski definition) is 4. The number of alkyl halides is 3. The fourth-order valence-corrected chi connectivity index (χ4v) is 2.77. The summed E-state index contributed by atoms with van der Waals surface area (Å²) in [6.45, 7) is 2.05. The molecule has 0 spiro atoms. The predicted octanol–water partition coefficient (Wildman–Crippen LogP) is 2.77. The third-order valence-corrected chi connectivity index (χ3v) is 4.01. The molecule has 0 aliphatic carbocycles. The summed E-state index contributed by atoms with van der Waals surface area (Å²) in [4.78, 5) is 21.1. The van der Waals surface area contributed by atoms with E-state index in [2.05, 4.69) is 14.9 Å². The molecule has 5 nitrogen and oxygen atoms in total. The van der Waals surface area contributed by atoms with Gasteiger partial charge in [-0.1, -0.05) is 17.7 Å². The van der Waals surface area contributed by atoms with Crippen LogP contribution in [0.25, 0.3) is 0 Å². The van der Waals surface area contributed by atoms with Crippen LogP contribution in [0.15, 0.2) is 35.1 Å². The van der Waals surface area contributed by atoms with Gasteiger partial charge in [0.2, 0.25) is 5.95 Å². The zero-order valence-electron chi connectivity index (χ0n) is 12.5. The number of aromatic nitrogens is 2. The number of nitrogens with zero attached hydrogens (tertiary/aromatic N) is 3. The van der Waals surface area contributed by atoms with Gasteiger partial charge in [-0.3, -0.25) is 9.78 Å². The first-order chi connectivity index (χ1) is 11.3. The SMILES string of the molecule is O=c1cc(C(F)(F)F)nc(N2CCN(c3cccc(Cl)c3)CC2)[nH]1. The average Bonchev–Trinajstić information content (AvgIpc) is 2.54. The molecule has 0 saturated carbocycles. The molecule has 1 saturated heterocycles. The number of rotatable bonds is 2. The number of anilines is 2. The van der Waals surface area contributed by atoms with Crippen LogP contribution in [0.5, 0.6) is 0 Å². The Morgan fingerprint density at radius 2 is 1.75 bits per heavy atom. The quantitative estimate of drug-likeness (QED) is 0.897. The summed E-state index contributed by atoms with van der Waals surface area (Å²) in [6, 6.07) is 7.84. The largest absolute Gasteiger partial charge is 0.433 e. The van der Waals surface area contributed by atoms with Crippen LogP contribution >= 0.6 is 11.6 Å². The Balaban J connectivity index is 1.75. The molecule has 0 atom stereocenters. The molecular weight excluding hydrogens is 345 g/mol. The molecule has 0 radical (unpaired) electrons. The third kappa shape index (κ3) is 3.64. The molecule has 3 rings (SSSR count). The number of nitrogens with one attached hydrogen (secondary N) is 1. The van der Waals surface area contributed by atoms with Crippen LogP contribution in [0.2, 0.25) is 5.02 Å². The van der Waals surface area contributed by atoms with Crippen LogP contribution < -0.4 is 15.4 Å². The molecule has 0 unspecified atom stereocenters. The fraction of sp³-hybridized carbons (Fsp3) is 0.333. The Morgan fingerprint density at radius 1 is 1.08 bits per heavy atom. The third-order valence-electron chi connectivity index (χ3n) is 3.77. The van der Waals surface area contributed by atoms with Gasteiger partial charge >= 0.3 is 6.18 Å². The summed E-state index contributed by atoms with van der Waals surface area (Å²) in [5.74, 6) is -0.0550. The summed E-state index contributed by atoms with van der Waals surface area (Å²) in [7, 11) is 0. The van der Waals surface area contributed by atoms with E-state index in [0.29, 0.717) is 37.3 Å². The van der Waals surface area contributed by atoms with Gasteiger partial charge in [-0.15, -0.1) is 0 Å². The molecule has 1 aromatic carbocycles. The topological polar surface area (TPSA) is 52.2 Å². The van der Waals surface area contributed by atoms with Crippen LogP contribution in [0.4, 0.5) is 24.8 Å². The lowest BCUT2D eigenvalue weighted by Gasteiger charge is -2.36. The van der Waals surface area contributed by atoms with Gasteiger partial charge in [0, 0.05) is 43.0 Å². The van der Waals surface area contributed by atoms with Crippen LogP contribution in [0, 0.1) is 0 Å². The second kappa shape index (κ2) is 6.35. The van der Waals surface area contributed by atoms with Gasteiger partial charge in [-0.25, -0.2) is 4.98 Å². The zero-order chi connectivity index (χ0) is 17.3. The minimum absolute atomic E-state index is 0.0550. The maximum absolute atomic E-state index is 12.8. The monoisotopic (exact) mass is 358 g/mol. The van der Waals surface area contributed by atoms with Crippen molar-refractivity contribution in [2.75, 3.05) is 36.0 Å². The van der Waals surface area contributed by atoms with Crippen molar-refractivity contribution in [3.05, 3.63) is 51.4 Å².